The molecule has 0 spiro atoms. The Morgan fingerprint density at radius 2 is 2.06 bits per heavy atom. The van der Waals surface area contributed by atoms with E-state index in [4.69, 9.17) is 0 Å². The molecule has 0 aliphatic carbocycles. The van der Waals surface area contributed by atoms with Crippen molar-refractivity contribution in [3.63, 3.8) is 0 Å². The van der Waals surface area contributed by atoms with E-state index in [-0.39, 0.29) is 0 Å². The molecule has 3 heteroatoms. The number of aromatic nitrogens is 1. The van der Waals surface area contributed by atoms with Gasteiger partial charge in [-0.1, -0.05) is 13.8 Å². The van der Waals surface area contributed by atoms with Crippen molar-refractivity contribution in [3.05, 3.63) is 18.5 Å². The fourth-order valence-corrected chi connectivity index (χ4v) is 1.76. The van der Waals surface area contributed by atoms with E-state index in [1.165, 1.54) is 5.69 Å². The van der Waals surface area contributed by atoms with E-state index in [9.17, 15) is 0 Å². The molecule has 0 aliphatic heterocycles. The number of anilines is 2. The first-order valence-corrected chi connectivity index (χ1v) is 6.11. The first-order valence-electron chi connectivity index (χ1n) is 6.11. The molecule has 0 unspecified atom stereocenters. The van der Waals surface area contributed by atoms with Gasteiger partial charge in [0.2, 0.25) is 0 Å². The van der Waals surface area contributed by atoms with Gasteiger partial charge in [0.1, 0.15) is 0 Å². The molecule has 0 saturated carbocycles. The Hall–Kier alpha value is -1.25. The molecule has 0 saturated heterocycles. The lowest BCUT2D eigenvalue weighted by molar-refractivity contribution is 0.618. The maximum atomic E-state index is 4.28. The quantitative estimate of drug-likeness (QED) is 0.800. The second-order valence-corrected chi connectivity index (χ2v) is 4.39. The van der Waals surface area contributed by atoms with Gasteiger partial charge >= 0.3 is 0 Å². The van der Waals surface area contributed by atoms with Crippen molar-refractivity contribution in [2.75, 3.05) is 29.9 Å². The Morgan fingerprint density at radius 3 is 2.62 bits per heavy atom. The Labute approximate surface area is 98.9 Å². The molecule has 1 aromatic rings. The molecular weight excluding hydrogens is 198 g/mol. The van der Waals surface area contributed by atoms with Gasteiger partial charge < -0.3 is 10.2 Å². The molecule has 0 atom stereocenters. The van der Waals surface area contributed by atoms with E-state index >= 15 is 0 Å². The number of hydrogen-bond donors (Lipinski definition) is 1. The molecule has 3 nitrogen and oxygen atoms in total. The van der Waals surface area contributed by atoms with Gasteiger partial charge in [-0.15, -0.1) is 0 Å². The Bertz CT molecular complexity index is 310. The first kappa shape index (κ1) is 12.8. The van der Waals surface area contributed by atoms with Crippen LogP contribution in [-0.4, -0.2) is 24.6 Å². The Kier molecular flexibility index (Phi) is 5.09. The summed E-state index contributed by atoms with van der Waals surface area (Å²) in [6, 6.07) is 2.17. The van der Waals surface area contributed by atoms with E-state index in [0.717, 1.165) is 25.3 Å². The van der Waals surface area contributed by atoms with Crippen LogP contribution in [0.3, 0.4) is 0 Å². The zero-order valence-electron chi connectivity index (χ0n) is 10.8. The molecule has 0 amide bonds. The molecule has 0 aliphatic rings. The number of hydrogen-bond acceptors (Lipinski definition) is 3. The average Bonchev–Trinajstić information content (AvgIpc) is 2.26. The Balaban J connectivity index is 2.79. The van der Waals surface area contributed by atoms with Crippen LogP contribution in [0.25, 0.3) is 0 Å². The molecule has 1 rings (SSSR count). The fraction of sp³-hybridized carbons (Fsp3) is 0.615. The number of pyridine rings is 1. The van der Waals surface area contributed by atoms with Crippen molar-refractivity contribution >= 4 is 11.4 Å². The molecule has 90 valence electrons. The van der Waals surface area contributed by atoms with Crippen LogP contribution in [0, 0.1) is 5.92 Å². The highest BCUT2D eigenvalue weighted by Gasteiger charge is 2.07. The van der Waals surface area contributed by atoms with E-state index < -0.39 is 0 Å². The number of nitrogens with one attached hydrogen (secondary N) is 1. The molecule has 1 N–H and O–H groups in total. The summed E-state index contributed by atoms with van der Waals surface area (Å²) in [5.41, 5.74) is 2.30. The van der Waals surface area contributed by atoms with Crippen LogP contribution in [0.2, 0.25) is 0 Å². The van der Waals surface area contributed by atoms with Crippen molar-refractivity contribution in [1.82, 2.24) is 4.98 Å². The zero-order valence-corrected chi connectivity index (χ0v) is 10.8. The number of nitrogens with zero attached hydrogens (tertiary/aromatic N) is 2. The minimum atomic E-state index is 0.669. The lowest BCUT2D eigenvalue weighted by Gasteiger charge is -2.25. The molecular formula is C13H23N3. The van der Waals surface area contributed by atoms with Crippen LogP contribution in [0.5, 0.6) is 0 Å². The smallest absolute Gasteiger partial charge is 0.0573 e. The molecule has 1 aromatic heterocycles. The van der Waals surface area contributed by atoms with Crippen molar-refractivity contribution in [2.24, 2.45) is 5.92 Å². The maximum absolute atomic E-state index is 4.28. The average molecular weight is 221 g/mol. The van der Waals surface area contributed by atoms with Gasteiger partial charge in [0.05, 0.1) is 23.8 Å². The second-order valence-electron chi connectivity index (χ2n) is 4.39. The van der Waals surface area contributed by atoms with Crippen molar-refractivity contribution in [1.29, 1.82) is 0 Å². The van der Waals surface area contributed by atoms with Crippen LogP contribution in [0.15, 0.2) is 18.5 Å². The third-order valence-corrected chi connectivity index (χ3v) is 2.44. The highest BCUT2D eigenvalue weighted by atomic mass is 15.1. The molecule has 1 heterocycles. The van der Waals surface area contributed by atoms with Gasteiger partial charge in [0.25, 0.3) is 0 Å². The van der Waals surface area contributed by atoms with Gasteiger partial charge in [0.15, 0.2) is 0 Å². The highest BCUT2D eigenvalue weighted by Crippen LogP contribution is 2.18. The summed E-state index contributed by atoms with van der Waals surface area (Å²) >= 11 is 0. The van der Waals surface area contributed by atoms with Gasteiger partial charge in [-0.25, -0.2) is 0 Å². The summed E-state index contributed by atoms with van der Waals surface area (Å²) in [6.45, 7) is 11.8. The Morgan fingerprint density at radius 1 is 1.31 bits per heavy atom. The summed E-state index contributed by atoms with van der Waals surface area (Å²) in [5, 5.41) is 3.29. The van der Waals surface area contributed by atoms with Gasteiger partial charge in [-0.2, -0.15) is 0 Å². The first-order chi connectivity index (χ1) is 7.67. The van der Waals surface area contributed by atoms with Gasteiger partial charge in [-0.3, -0.25) is 4.98 Å². The molecule has 0 radical (unpaired) electrons. The van der Waals surface area contributed by atoms with Crippen LogP contribution >= 0.6 is 0 Å². The van der Waals surface area contributed by atoms with Gasteiger partial charge in [-0.05, 0) is 25.8 Å². The van der Waals surface area contributed by atoms with E-state index in [1.54, 1.807) is 0 Å². The SMILES string of the molecule is CCNc1cncc(N(CC)CC(C)C)c1. The normalized spacial score (nSPS) is 10.6. The fourth-order valence-electron chi connectivity index (χ4n) is 1.76. The number of rotatable bonds is 6. The molecule has 0 fully saturated rings. The van der Waals surface area contributed by atoms with Crippen LogP contribution in [0.1, 0.15) is 27.7 Å². The van der Waals surface area contributed by atoms with Crippen molar-refractivity contribution < 1.29 is 0 Å². The minimum absolute atomic E-state index is 0.669. The second kappa shape index (κ2) is 6.36. The highest BCUT2D eigenvalue weighted by molar-refractivity contribution is 5.55. The summed E-state index contributed by atoms with van der Waals surface area (Å²) in [7, 11) is 0. The molecule has 16 heavy (non-hydrogen) atoms. The zero-order chi connectivity index (χ0) is 12.0. The standard InChI is InChI=1S/C13H23N3/c1-5-15-12-7-13(9-14-8-12)16(6-2)10-11(3)4/h7-9,11,15H,5-6,10H2,1-4H3. The van der Waals surface area contributed by atoms with Crippen molar-refractivity contribution in [2.45, 2.75) is 27.7 Å². The van der Waals surface area contributed by atoms with Crippen molar-refractivity contribution in [3.8, 4) is 0 Å². The maximum Gasteiger partial charge on any atom is 0.0573 e. The van der Waals surface area contributed by atoms with E-state index in [2.05, 4.69) is 49.0 Å². The van der Waals surface area contributed by atoms with E-state index in [0.29, 0.717) is 5.92 Å². The largest absolute Gasteiger partial charge is 0.384 e. The third kappa shape index (κ3) is 3.72. The lowest BCUT2D eigenvalue weighted by Crippen LogP contribution is -2.27. The predicted molar refractivity (Wildman–Crippen MR) is 71.1 cm³/mol. The van der Waals surface area contributed by atoms with Crippen LogP contribution in [-0.2, 0) is 0 Å². The molecule has 0 aromatic carbocycles. The topological polar surface area (TPSA) is 28.2 Å². The van der Waals surface area contributed by atoms with Gasteiger partial charge in [0, 0.05) is 19.6 Å². The minimum Gasteiger partial charge on any atom is -0.384 e. The third-order valence-electron chi connectivity index (χ3n) is 2.44. The summed E-state index contributed by atoms with van der Waals surface area (Å²) in [6.07, 6.45) is 3.81. The summed E-state index contributed by atoms with van der Waals surface area (Å²) < 4.78 is 0. The summed E-state index contributed by atoms with van der Waals surface area (Å²) in [5.74, 6) is 0.669. The van der Waals surface area contributed by atoms with Crippen LogP contribution in [0.4, 0.5) is 11.4 Å². The lowest BCUT2D eigenvalue weighted by atomic mass is 10.2. The van der Waals surface area contributed by atoms with E-state index in [1.807, 2.05) is 12.4 Å². The molecule has 0 bridgehead atoms. The monoisotopic (exact) mass is 221 g/mol. The predicted octanol–water partition coefficient (Wildman–Crippen LogP) is 3.00. The summed E-state index contributed by atoms with van der Waals surface area (Å²) in [4.78, 5) is 6.63. The van der Waals surface area contributed by atoms with Crippen LogP contribution < -0.4 is 10.2 Å².